The number of carboxylic acid groups (broad SMARTS) is 1. The highest BCUT2D eigenvalue weighted by Gasteiger charge is 2.33. The molecule has 0 radical (unpaired) electrons. The summed E-state index contributed by atoms with van der Waals surface area (Å²) in [5.41, 5.74) is 1.90. The van der Waals surface area contributed by atoms with Gasteiger partial charge >= 0.3 is 5.97 Å². The Morgan fingerprint density at radius 3 is 2.07 bits per heavy atom. The molecule has 0 aromatic heterocycles. The van der Waals surface area contributed by atoms with Gasteiger partial charge in [0.1, 0.15) is 10.1 Å². The van der Waals surface area contributed by atoms with Crippen LogP contribution < -0.4 is 0 Å². The van der Waals surface area contributed by atoms with Gasteiger partial charge in [0.05, 0.1) is 11.3 Å². The van der Waals surface area contributed by atoms with Crippen LogP contribution in [0, 0.1) is 0 Å². The van der Waals surface area contributed by atoms with Crippen molar-refractivity contribution >= 4 is 46.3 Å². The van der Waals surface area contributed by atoms with Gasteiger partial charge in [-0.2, -0.15) is 0 Å². The van der Waals surface area contributed by atoms with E-state index in [0.29, 0.717) is 9.23 Å². The molecule has 2 N–H and O–H groups in total. The first-order chi connectivity index (χ1) is 12.7. The first-order valence-corrected chi connectivity index (χ1v) is 10.3. The fraction of sp³-hybridized carbons (Fsp3) is 0.476. The van der Waals surface area contributed by atoms with Gasteiger partial charge in [0.15, 0.2) is 0 Å². The molecule has 0 saturated carbocycles. The van der Waals surface area contributed by atoms with Crippen LogP contribution in [0.5, 0.6) is 5.75 Å². The van der Waals surface area contributed by atoms with Crippen molar-refractivity contribution in [1.82, 2.24) is 4.90 Å². The van der Waals surface area contributed by atoms with Crippen molar-refractivity contribution in [3.8, 4) is 5.75 Å². The fourth-order valence-electron chi connectivity index (χ4n) is 2.94. The maximum Gasteiger partial charge on any atom is 0.305 e. The van der Waals surface area contributed by atoms with Gasteiger partial charge < -0.3 is 10.2 Å². The predicted molar refractivity (Wildman–Crippen MR) is 118 cm³/mol. The predicted octanol–water partition coefficient (Wildman–Crippen LogP) is 4.66. The zero-order valence-electron chi connectivity index (χ0n) is 17.1. The van der Waals surface area contributed by atoms with E-state index in [9.17, 15) is 14.7 Å². The molecule has 0 aliphatic carbocycles. The van der Waals surface area contributed by atoms with Gasteiger partial charge in [0, 0.05) is 17.7 Å². The molecule has 5 nitrogen and oxygen atoms in total. The highest BCUT2D eigenvalue weighted by atomic mass is 32.2. The van der Waals surface area contributed by atoms with E-state index >= 15 is 0 Å². The number of benzene rings is 1. The van der Waals surface area contributed by atoms with Crippen LogP contribution in [0.3, 0.4) is 0 Å². The molecule has 1 saturated heterocycles. The minimum Gasteiger partial charge on any atom is -0.507 e. The second kappa shape index (κ2) is 7.87. The van der Waals surface area contributed by atoms with Crippen LogP contribution in [0.4, 0.5) is 0 Å². The number of carbonyl (C=O) groups excluding carboxylic acids is 1. The molecule has 1 heterocycles. The Labute approximate surface area is 175 Å². The van der Waals surface area contributed by atoms with Crippen LogP contribution in [0.1, 0.15) is 64.7 Å². The van der Waals surface area contributed by atoms with Crippen molar-refractivity contribution in [2.75, 3.05) is 6.54 Å². The Bertz CT molecular complexity index is 825. The average molecular weight is 422 g/mol. The van der Waals surface area contributed by atoms with Crippen LogP contribution in [-0.4, -0.2) is 37.9 Å². The summed E-state index contributed by atoms with van der Waals surface area (Å²) in [5.74, 6) is -0.966. The summed E-state index contributed by atoms with van der Waals surface area (Å²) < 4.78 is 0.364. The van der Waals surface area contributed by atoms with Gasteiger partial charge in [0.25, 0.3) is 5.91 Å². The lowest BCUT2D eigenvalue weighted by atomic mass is 9.78. The van der Waals surface area contributed by atoms with Crippen molar-refractivity contribution in [3.63, 3.8) is 0 Å². The molecule has 1 aliphatic heterocycles. The van der Waals surface area contributed by atoms with E-state index in [4.69, 9.17) is 17.3 Å². The standard InChI is InChI=1S/C21H27NO4S2/c1-20(2,3)13-9-12(10-14(17(13)25)21(4,5)6)11-15-18(26)22(19(27)28-15)8-7-16(23)24/h9-11,25H,7-8H2,1-6H3,(H,23,24). The maximum atomic E-state index is 12.7. The molecule has 7 heteroatoms. The average Bonchev–Trinajstić information content (AvgIpc) is 2.78. The van der Waals surface area contributed by atoms with Crippen molar-refractivity contribution in [3.05, 3.63) is 33.7 Å². The highest BCUT2D eigenvalue weighted by molar-refractivity contribution is 8.26. The van der Waals surface area contributed by atoms with Crippen LogP contribution in [0.25, 0.3) is 6.08 Å². The van der Waals surface area contributed by atoms with E-state index < -0.39 is 5.97 Å². The van der Waals surface area contributed by atoms with E-state index in [1.54, 1.807) is 6.08 Å². The topological polar surface area (TPSA) is 77.8 Å². The molecule has 0 spiro atoms. The summed E-state index contributed by atoms with van der Waals surface area (Å²) in [6.45, 7) is 12.3. The summed E-state index contributed by atoms with van der Waals surface area (Å²) >= 11 is 6.42. The smallest absolute Gasteiger partial charge is 0.305 e. The number of thioether (sulfide) groups is 1. The monoisotopic (exact) mass is 421 g/mol. The number of aliphatic carboxylic acids is 1. The van der Waals surface area contributed by atoms with Crippen LogP contribution in [0.2, 0.25) is 0 Å². The van der Waals surface area contributed by atoms with Gasteiger partial charge in [-0.1, -0.05) is 65.5 Å². The Morgan fingerprint density at radius 2 is 1.64 bits per heavy atom. The minimum atomic E-state index is -0.971. The molecule has 0 bridgehead atoms. The molecule has 1 aliphatic rings. The molecular formula is C21H27NO4S2. The molecule has 2 rings (SSSR count). The van der Waals surface area contributed by atoms with Crippen LogP contribution >= 0.6 is 24.0 Å². The Balaban J connectivity index is 2.49. The molecule has 1 aromatic carbocycles. The Hall–Kier alpha value is -1.86. The maximum absolute atomic E-state index is 12.7. The fourth-order valence-corrected chi connectivity index (χ4v) is 4.24. The van der Waals surface area contributed by atoms with E-state index in [0.717, 1.165) is 16.7 Å². The lowest BCUT2D eigenvalue weighted by molar-refractivity contribution is -0.137. The second-order valence-corrected chi connectivity index (χ2v) is 10.6. The Morgan fingerprint density at radius 1 is 1.14 bits per heavy atom. The van der Waals surface area contributed by atoms with Crippen molar-refractivity contribution < 1.29 is 19.8 Å². The number of carbonyl (C=O) groups is 2. The number of thiocarbonyl (C=S) groups is 1. The summed E-state index contributed by atoms with van der Waals surface area (Å²) in [6.07, 6.45) is 1.62. The minimum absolute atomic E-state index is 0.0629. The number of hydrogen-bond acceptors (Lipinski definition) is 5. The number of phenolic OH excluding ortho intramolecular Hbond substituents is 1. The molecule has 28 heavy (non-hydrogen) atoms. The third-order valence-electron chi connectivity index (χ3n) is 4.47. The van der Waals surface area contributed by atoms with Gasteiger partial charge in [-0.25, -0.2) is 0 Å². The number of rotatable bonds is 4. The number of hydrogen-bond donors (Lipinski definition) is 2. The van der Waals surface area contributed by atoms with E-state index in [-0.39, 0.29) is 35.5 Å². The molecule has 0 atom stereocenters. The van der Waals surface area contributed by atoms with Gasteiger partial charge in [-0.05, 0) is 34.6 Å². The molecule has 0 unspecified atom stereocenters. The summed E-state index contributed by atoms with van der Waals surface area (Å²) in [7, 11) is 0. The number of phenols is 1. The third kappa shape index (κ3) is 4.94. The number of amides is 1. The normalized spacial score (nSPS) is 16.9. The first-order valence-electron chi connectivity index (χ1n) is 9.07. The van der Waals surface area contributed by atoms with Crippen molar-refractivity contribution in [2.24, 2.45) is 0 Å². The van der Waals surface area contributed by atoms with Crippen LogP contribution in [-0.2, 0) is 20.4 Å². The lowest BCUT2D eigenvalue weighted by Gasteiger charge is -2.28. The van der Waals surface area contributed by atoms with Crippen molar-refractivity contribution in [1.29, 1.82) is 0 Å². The number of aromatic hydroxyl groups is 1. The number of carboxylic acids is 1. The number of nitrogens with zero attached hydrogens (tertiary/aromatic N) is 1. The Kier molecular flexibility index (Phi) is 6.31. The molecule has 1 amide bonds. The summed E-state index contributed by atoms with van der Waals surface area (Å²) in [6, 6.07) is 3.79. The SMILES string of the molecule is CC(C)(C)c1cc(C=C2SC(=S)N(CCC(=O)O)C2=O)cc(C(C)(C)C)c1O. The van der Waals surface area contributed by atoms with Crippen LogP contribution in [0.15, 0.2) is 17.0 Å². The van der Waals surface area contributed by atoms with Crippen molar-refractivity contribution in [2.45, 2.75) is 58.8 Å². The second-order valence-electron chi connectivity index (χ2n) is 8.94. The zero-order valence-corrected chi connectivity index (χ0v) is 18.8. The summed E-state index contributed by atoms with van der Waals surface area (Å²) in [4.78, 5) is 25.3. The molecule has 152 valence electrons. The quantitative estimate of drug-likeness (QED) is 0.544. The summed E-state index contributed by atoms with van der Waals surface area (Å²) in [5, 5.41) is 19.7. The van der Waals surface area contributed by atoms with E-state index in [1.807, 2.05) is 53.7 Å². The first kappa shape index (κ1) is 22.4. The van der Waals surface area contributed by atoms with E-state index in [1.165, 1.54) is 16.7 Å². The third-order valence-corrected chi connectivity index (χ3v) is 5.85. The van der Waals surface area contributed by atoms with Gasteiger partial charge in [-0.15, -0.1) is 0 Å². The van der Waals surface area contributed by atoms with Gasteiger partial charge in [0.2, 0.25) is 0 Å². The lowest BCUT2D eigenvalue weighted by Crippen LogP contribution is -2.30. The largest absolute Gasteiger partial charge is 0.507 e. The van der Waals surface area contributed by atoms with Gasteiger partial charge in [-0.3, -0.25) is 14.5 Å². The van der Waals surface area contributed by atoms with E-state index in [2.05, 4.69) is 0 Å². The highest BCUT2D eigenvalue weighted by Crippen LogP contribution is 2.41. The molecular weight excluding hydrogens is 394 g/mol. The molecule has 1 aromatic rings. The molecule has 1 fully saturated rings. The zero-order chi connectivity index (χ0) is 21.4.